The van der Waals surface area contributed by atoms with Gasteiger partial charge in [0.1, 0.15) is 12.1 Å². The van der Waals surface area contributed by atoms with Crippen molar-refractivity contribution in [1.29, 1.82) is 0 Å². The summed E-state index contributed by atoms with van der Waals surface area (Å²) in [7, 11) is 0. The van der Waals surface area contributed by atoms with Crippen molar-refractivity contribution in [2.45, 2.75) is 38.0 Å². The molecule has 0 aromatic heterocycles. The number of amides is 3. The van der Waals surface area contributed by atoms with Gasteiger partial charge in [-0.15, -0.1) is 0 Å². The molecule has 1 heterocycles. The minimum Gasteiger partial charge on any atom is -0.337 e. The molecule has 0 radical (unpaired) electrons. The molecule has 1 aromatic rings. The van der Waals surface area contributed by atoms with E-state index in [-0.39, 0.29) is 6.54 Å². The molecule has 3 amide bonds. The standard InChI is InChI=1S/C16H18F3N3O3/c1-10(20-15(25)16(17,18)19)14(24)22-9-5-8-12(22)13(23)21-11-6-3-2-4-7-11/h2-4,6-7,10,12H,5,8-9H2,1H3,(H,20,25)(H,21,23)/t10?,12-/m0/s1. The second-order valence-electron chi connectivity index (χ2n) is 5.74. The van der Waals surface area contributed by atoms with Crippen molar-refractivity contribution in [3.63, 3.8) is 0 Å². The first kappa shape index (κ1) is 18.8. The number of alkyl halides is 3. The highest BCUT2D eigenvalue weighted by atomic mass is 19.4. The molecule has 0 aliphatic carbocycles. The zero-order valence-electron chi connectivity index (χ0n) is 13.5. The summed E-state index contributed by atoms with van der Waals surface area (Å²) >= 11 is 0. The number of benzene rings is 1. The third-order valence-corrected chi connectivity index (χ3v) is 3.86. The molecule has 9 heteroatoms. The Balaban J connectivity index is 2.01. The van der Waals surface area contributed by atoms with Crippen LogP contribution < -0.4 is 10.6 Å². The first-order chi connectivity index (χ1) is 11.7. The first-order valence-corrected chi connectivity index (χ1v) is 7.74. The Bertz CT molecular complexity index is 649. The number of rotatable bonds is 4. The summed E-state index contributed by atoms with van der Waals surface area (Å²) in [6.45, 7) is 1.41. The Morgan fingerprint density at radius 1 is 1.20 bits per heavy atom. The van der Waals surface area contributed by atoms with Crippen LogP contribution in [0.5, 0.6) is 0 Å². The molecule has 2 N–H and O–H groups in total. The highest BCUT2D eigenvalue weighted by Crippen LogP contribution is 2.21. The van der Waals surface area contributed by atoms with E-state index in [4.69, 9.17) is 0 Å². The average molecular weight is 357 g/mol. The van der Waals surface area contributed by atoms with Gasteiger partial charge in [-0.2, -0.15) is 13.2 Å². The molecular formula is C16H18F3N3O3. The summed E-state index contributed by atoms with van der Waals surface area (Å²) in [4.78, 5) is 36.9. The smallest absolute Gasteiger partial charge is 0.337 e. The normalized spacial score (nSPS) is 18.6. The molecule has 1 fully saturated rings. The summed E-state index contributed by atoms with van der Waals surface area (Å²) in [5.41, 5.74) is 0.560. The van der Waals surface area contributed by atoms with Gasteiger partial charge in [-0.25, -0.2) is 0 Å². The van der Waals surface area contributed by atoms with E-state index in [1.165, 1.54) is 4.90 Å². The maximum atomic E-state index is 12.4. The molecule has 1 aliphatic heterocycles. The molecule has 0 saturated carbocycles. The second-order valence-corrected chi connectivity index (χ2v) is 5.74. The van der Waals surface area contributed by atoms with Crippen LogP contribution in [0.15, 0.2) is 30.3 Å². The van der Waals surface area contributed by atoms with Crippen molar-refractivity contribution >= 4 is 23.4 Å². The van der Waals surface area contributed by atoms with Gasteiger partial charge in [-0.3, -0.25) is 14.4 Å². The van der Waals surface area contributed by atoms with E-state index < -0.39 is 36.0 Å². The average Bonchev–Trinajstić information content (AvgIpc) is 3.03. The van der Waals surface area contributed by atoms with Crippen LogP contribution in [-0.2, 0) is 14.4 Å². The van der Waals surface area contributed by atoms with Crippen molar-refractivity contribution in [2.24, 2.45) is 0 Å². The van der Waals surface area contributed by atoms with E-state index in [9.17, 15) is 27.6 Å². The SMILES string of the molecule is CC(NC(=O)C(F)(F)F)C(=O)N1CCC[C@H]1C(=O)Nc1ccccc1. The van der Waals surface area contributed by atoms with Gasteiger partial charge < -0.3 is 15.5 Å². The highest BCUT2D eigenvalue weighted by Gasteiger charge is 2.42. The maximum absolute atomic E-state index is 12.4. The molecule has 1 saturated heterocycles. The molecule has 2 rings (SSSR count). The highest BCUT2D eigenvalue weighted by molar-refractivity contribution is 5.98. The Morgan fingerprint density at radius 2 is 1.84 bits per heavy atom. The lowest BCUT2D eigenvalue weighted by atomic mass is 10.1. The van der Waals surface area contributed by atoms with Gasteiger partial charge in [-0.05, 0) is 31.9 Å². The molecule has 2 atom stereocenters. The fraction of sp³-hybridized carbons (Fsp3) is 0.438. The number of nitrogens with zero attached hydrogens (tertiary/aromatic N) is 1. The number of carbonyl (C=O) groups excluding carboxylic acids is 3. The second kappa shape index (κ2) is 7.54. The third kappa shape index (κ3) is 4.71. The summed E-state index contributed by atoms with van der Waals surface area (Å²) in [5, 5.41) is 4.29. The van der Waals surface area contributed by atoms with Gasteiger partial charge in [0.15, 0.2) is 0 Å². The van der Waals surface area contributed by atoms with E-state index in [0.717, 1.165) is 6.92 Å². The van der Waals surface area contributed by atoms with Crippen molar-refractivity contribution in [3.05, 3.63) is 30.3 Å². The van der Waals surface area contributed by atoms with Crippen LogP contribution in [0.2, 0.25) is 0 Å². The number of likely N-dealkylation sites (tertiary alicyclic amines) is 1. The van der Waals surface area contributed by atoms with Crippen LogP contribution >= 0.6 is 0 Å². The number of anilines is 1. The summed E-state index contributed by atoms with van der Waals surface area (Å²) in [5.74, 6) is -3.31. The van der Waals surface area contributed by atoms with Crippen molar-refractivity contribution in [1.82, 2.24) is 10.2 Å². The van der Waals surface area contributed by atoms with Crippen molar-refractivity contribution in [3.8, 4) is 0 Å². The molecule has 0 bridgehead atoms. The van der Waals surface area contributed by atoms with Gasteiger partial charge in [0.2, 0.25) is 11.8 Å². The molecule has 0 spiro atoms. The monoisotopic (exact) mass is 357 g/mol. The molecule has 136 valence electrons. The van der Waals surface area contributed by atoms with Gasteiger partial charge in [0.05, 0.1) is 0 Å². The Hall–Kier alpha value is -2.58. The Kier molecular flexibility index (Phi) is 5.66. The van der Waals surface area contributed by atoms with Gasteiger partial charge in [0.25, 0.3) is 0 Å². The number of hydrogen-bond acceptors (Lipinski definition) is 3. The maximum Gasteiger partial charge on any atom is 0.471 e. The minimum atomic E-state index is -5.07. The molecule has 1 aliphatic rings. The fourth-order valence-electron chi connectivity index (χ4n) is 2.64. The van der Waals surface area contributed by atoms with Crippen LogP contribution in [0.3, 0.4) is 0 Å². The number of carbonyl (C=O) groups is 3. The van der Waals surface area contributed by atoms with Crippen LogP contribution in [0, 0.1) is 0 Å². The lowest BCUT2D eigenvalue weighted by Crippen LogP contribution is -2.53. The van der Waals surface area contributed by atoms with Crippen LogP contribution in [-0.4, -0.2) is 47.4 Å². The minimum absolute atomic E-state index is 0.248. The van der Waals surface area contributed by atoms with Gasteiger partial charge in [-0.1, -0.05) is 18.2 Å². The van der Waals surface area contributed by atoms with Crippen LogP contribution in [0.25, 0.3) is 0 Å². The van der Waals surface area contributed by atoms with E-state index in [1.54, 1.807) is 35.6 Å². The van der Waals surface area contributed by atoms with Crippen LogP contribution in [0.4, 0.5) is 18.9 Å². The van der Waals surface area contributed by atoms with E-state index in [0.29, 0.717) is 18.5 Å². The Labute approximate surface area is 142 Å². The third-order valence-electron chi connectivity index (χ3n) is 3.86. The molecule has 6 nitrogen and oxygen atoms in total. The number of nitrogens with one attached hydrogen (secondary N) is 2. The van der Waals surface area contributed by atoms with Crippen molar-refractivity contribution in [2.75, 3.05) is 11.9 Å². The van der Waals surface area contributed by atoms with Gasteiger partial charge >= 0.3 is 12.1 Å². The largest absolute Gasteiger partial charge is 0.471 e. The quantitative estimate of drug-likeness (QED) is 0.861. The zero-order chi connectivity index (χ0) is 18.6. The molecule has 1 unspecified atom stereocenters. The fourth-order valence-corrected chi connectivity index (χ4v) is 2.64. The number of halogens is 3. The predicted molar refractivity (Wildman–Crippen MR) is 83.5 cm³/mol. The number of para-hydroxylation sites is 1. The van der Waals surface area contributed by atoms with E-state index in [2.05, 4.69) is 5.32 Å². The van der Waals surface area contributed by atoms with E-state index in [1.807, 2.05) is 0 Å². The number of hydrogen-bond donors (Lipinski definition) is 2. The predicted octanol–water partition coefficient (Wildman–Crippen LogP) is 1.68. The summed E-state index contributed by atoms with van der Waals surface area (Å²) in [6.07, 6.45) is -4.10. The molecular weight excluding hydrogens is 339 g/mol. The summed E-state index contributed by atoms with van der Waals surface area (Å²) < 4.78 is 36.9. The summed E-state index contributed by atoms with van der Waals surface area (Å²) in [6, 6.07) is 6.48. The molecule has 1 aromatic carbocycles. The van der Waals surface area contributed by atoms with Gasteiger partial charge in [0, 0.05) is 12.2 Å². The lowest BCUT2D eigenvalue weighted by Gasteiger charge is -2.27. The lowest BCUT2D eigenvalue weighted by molar-refractivity contribution is -0.175. The topological polar surface area (TPSA) is 78.5 Å². The molecule has 25 heavy (non-hydrogen) atoms. The van der Waals surface area contributed by atoms with Crippen LogP contribution in [0.1, 0.15) is 19.8 Å². The van der Waals surface area contributed by atoms with Crippen molar-refractivity contribution < 1.29 is 27.6 Å². The Morgan fingerprint density at radius 3 is 2.44 bits per heavy atom. The van der Waals surface area contributed by atoms with E-state index >= 15 is 0 Å². The zero-order valence-corrected chi connectivity index (χ0v) is 13.5. The first-order valence-electron chi connectivity index (χ1n) is 7.74.